The molecule has 1 heterocycles. The second kappa shape index (κ2) is 2.98. The fraction of sp³-hybridized carbons (Fsp3) is 0.455. The summed E-state index contributed by atoms with van der Waals surface area (Å²) in [4.78, 5) is 0.462. The summed E-state index contributed by atoms with van der Waals surface area (Å²) in [5.74, 6) is 0.151. The predicted octanol–water partition coefficient (Wildman–Crippen LogP) is 1.97. The zero-order valence-electron chi connectivity index (χ0n) is 9.16. The van der Waals surface area contributed by atoms with Crippen molar-refractivity contribution in [2.24, 2.45) is 0 Å². The highest BCUT2D eigenvalue weighted by Gasteiger charge is 2.35. The summed E-state index contributed by atoms with van der Waals surface area (Å²) in [5, 5.41) is 3.25. The number of hydrogen-bond donors (Lipinski definition) is 1. The smallest absolute Gasteiger partial charge is 0.182 e. The predicted molar refractivity (Wildman–Crippen MR) is 60.9 cm³/mol. The van der Waals surface area contributed by atoms with Gasteiger partial charge in [0, 0.05) is 5.54 Å². The van der Waals surface area contributed by atoms with Gasteiger partial charge in [-0.1, -0.05) is 12.1 Å². The van der Waals surface area contributed by atoms with Crippen LogP contribution < -0.4 is 5.32 Å². The van der Waals surface area contributed by atoms with E-state index in [1.807, 2.05) is 39.0 Å². The summed E-state index contributed by atoms with van der Waals surface area (Å²) in [5.41, 5.74) is 1.15. The molecule has 4 heteroatoms. The third-order valence-corrected chi connectivity index (χ3v) is 4.81. The van der Waals surface area contributed by atoms with Gasteiger partial charge in [-0.15, -0.1) is 0 Å². The van der Waals surface area contributed by atoms with Crippen LogP contribution in [0.2, 0.25) is 0 Å². The van der Waals surface area contributed by atoms with Crippen LogP contribution in [-0.2, 0) is 9.84 Å². The molecule has 0 bridgehead atoms. The Balaban J connectivity index is 2.72. The average Bonchev–Trinajstić information content (AvgIpc) is 1.97. The van der Waals surface area contributed by atoms with Crippen molar-refractivity contribution in [2.75, 3.05) is 11.1 Å². The molecule has 82 valence electrons. The lowest BCUT2D eigenvalue weighted by molar-refractivity contribution is 0.555. The van der Waals surface area contributed by atoms with Gasteiger partial charge in [0.05, 0.1) is 16.3 Å². The fourth-order valence-electron chi connectivity index (χ4n) is 2.11. The van der Waals surface area contributed by atoms with E-state index in [1.54, 1.807) is 0 Å². The van der Waals surface area contributed by atoms with Crippen LogP contribution in [0.5, 0.6) is 0 Å². The summed E-state index contributed by atoms with van der Waals surface area (Å²) in [6, 6.07) is 5.52. The van der Waals surface area contributed by atoms with Crippen LogP contribution in [0.25, 0.3) is 0 Å². The van der Waals surface area contributed by atoms with Crippen molar-refractivity contribution in [3.63, 3.8) is 0 Å². The lowest BCUT2D eigenvalue weighted by atomic mass is 10.1. The van der Waals surface area contributed by atoms with Crippen LogP contribution in [0.4, 0.5) is 5.69 Å². The van der Waals surface area contributed by atoms with Crippen molar-refractivity contribution in [1.29, 1.82) is 0 Å². The molecule has 0 aromatic heterocycles. The third-order valence-electron chi connectivity index (χ3n) is 2.55. The van der Waals surface area contributed by atoms with Crippen LogP contribution in [0, 0.1) is 6.92 Å². The quantitative estimate of drug-likeness (QED) is 0.734. The fourth-order valence-corrected chi connectivity index (χ4v) is 4.29. The number of sulfone groups is 1. The van der Waals surface area contributed by atoms with Crippen LogP contribution >= 0.6 is 0 Å². The maximum atomic E-state index is 12.1. The standard InChI is InChI=1S/C11H15NO2S/c1-8-5-4-6-9-10(8)15(13,14)7-11(2,3)12-9/h4-6,12H,7H2,1-3H3. The molecular formula is C11H15NO2S. The number of aryl methyl sites for hydroxylation is 1. The van der Waals surface area contributed by atoms with Gasteiger partial charge in [0.2, 0.25) is 0 Å². The topological polar surface area (TPSA) is 46.2 Å². The van der Waals surface area contributed by atoms with E-state index in [-0.39, 0.29) is 11.3 Å². The number of anilines is 1. The number of fused-ring (bicyclic) bond motifs is 1. The van der Waals surface area contributed by atoms with Gasteiger partial charge in [-0.05, 0) is 32.4 Å². The molecule has 0 radical (unpaired) electrons. The highest BCUT2D eigenvalue weighted by molar-refractivity contribution is 7.91. The first-order valence-corrected chi connectivity index (χ1v) is 6.58. The van der Waals surface area contributed by atoms with Gasteiger partial charge in [0.1, 0.15) is 0 Å². The molecule has 0 atom stereocenters. The molecule has 0 aliphatic carbocycles. The molecule has 2 rings (SSSR count). The number of rotatable bonds is 0. The SMILES string of the molecule is Cc1cccc2c1S(=O)(=O)CC(C)(C)N2. The second-order valence-corrected chi connectivity index (χ2v) is 6.65. The van der Waals surface area contributed by atoms with Crippen molar-refractivity contribution >= 4 is 15.5 Å². The van der Waals surface area contributed by atoms with Gasteiger partial charge in [0.25, 0.3) is 0 Å². The molecule has 0 fully saturated rings. The van der Waals surface area contributed by atoms with Crippen LogP contribution in [-0.4, -0.2) is 19.7 Å². The molecule has 1 aromatic carbocycles. The molecule has 0 unspecified atom stereocenters. The minimum Gasteiger partial charge on any atom is -0.378 e. The van der Waals surface area contributed by atoms with E-state index in [0.29, 0.717) is 4.90 Å². The van der Waals surface area contributed by atoms with Gasteiger partial charge >= 0.3 is 0 Å². The number of benzene rings is 1. The van der Waals surface area contributed by atoms with Gasteiger partial charge in [-0.3, -0.25) is 0 Å². The Morgan fingerprint density at radius 2 is 2.00 bits per heavy atom. The van der Waals surface area contributed by atoms with Gasteiger partial charge in [-0.25, -0.2) is 8.42 Å². The number of nitrogens with one attached hydrogen (secondary N) is 1. The molecule has 0 saturated carbocycles. The molecule has 3 nitrogen and oxygen atoms in total. The zero-order valence-corrected chi connectivity index (χ0v) is 9.98. The van der Waals surface area contributed by atoms with Crippen molar-refractivity contribution < 1.29 is 8.42 Å². The van der Waals surface area contributed by atoms with Gasteiger partial charge in [0.15, 0.2) is 9.84 Å². The summed E-state index contributed by atoms with van der Waals surface area (Å²) in [7, 11) is -3.14. The normalized spacial score (nSPS) is 21.5. The lowest BCUT2D eigenvalue weighted by Gasteiger charge is -2.33. The summed E-state index contributed by atoms with van der Waals surface area (Å²) in [6.07, 6.45) is 0. The molecule has 1 N–H and O–H groups in total. The van der Waals surface area contributed by atoms with E-state index >= 15 is 0 Å². The monoisotopic (exact) mass is 225 g/mol. The Labute approximate surface area is 90.4 Å². The molecule has 1 aromatic rings. The maximum Gasteiger partial charge on any atom is 0.182 e. The molecule has 1 aliphatic heterocycles. The number of hydrogen-bond acceptors (Lipinski definition) is 3. The highest BCUT2D eigenvalue weighted by atomic mass is 32.2. The Morgan fingerprint density at radius 1 is 1.33 bits per heavy atom. The first kappa shape index (κ1) is 10.5. The van der Waals surface area contributed by atoms with Crippen LogP contribution in [0.15, 0.2) is 23.1 Å². The van der Waals surface area contributed by atoms with E-state index in [0.717, 1.165) is 11.3 Å². The molecule has 0 spiro atoms. The van der Waals surface area contributed by atoms with Crippen molar-refractivity contribution in [2.45, 2.75) is 31.2 Å². The largest absolute Gasteiger partial charge is 0.378 e. The lowest BCUT2D eigenvalue weighted by Crippen LogP contribution is -2.43. The van der Waals surface area contributed by atoms with Crippen molar-refractivity contribution in [3.05, 3.63) is 23.8 Å². The molecule has 0 amide bonds. The maximum absolute atomic E-state index is 12.1. The van der Waals surface area contributed by atoms with E-state index in [2.05, 4.69) is 5.32 Å². The van der Waals surface area contributed by atoms with E-state index in [4.69, 9.17) is 0 Å². The van der Waals surface area contributed by atoms with Gasteiger partial charge in [-0.2, -0.15) is 0 Å². The molecular weight excluding hydrogens is 210 g/mol. The highest BCUT2D eigenvalue weighted by Crippen LogP contribution is 2.34. The average molecular weight is 225 g/mol. The Bertz CT molecular complexity index is 503. The first-order valence-electron chi connectivity index (χ1n) is 4.92. The Hall–Kier alpha value is -1.03. The Kier molecular flexibility index (Phi) is 2.08. The second-order valence-electron chi connectivity index (χ2n) is 4.72. The van der Waals surface area contributed by atoms with E-state index < -0.39 is 9.84 Å². The zero-order chi connectivity index (χ0) is 11.3. The summed E-state index contributed by atoms with van der Waals surface area (Å²) < 4.78 is 24.1. The van der Waals surface area contributed by atoms with E-state index in [1.165, 1.54) is 0 Å². The van der Waals surface area contributed by atoms with Gasteiger partial charge < -0.3 is 5.32 Å². The van der Waals surface area contributed by atoms with Crippen molar-refractivity contribution in [1.82, 2.24) is 0 Å². The minimum absolute atomic E-state index is 0.151. The van der Waals surface area contributed by atoms with Crippen molar-refractivity contribution in [3.8, 4) is 0 Å². The molecule has 1 aliphatic rings. The summed E-state index contributed by atoms with van der Waals surface area (Å²) in [6.45, 7) is 5.63. The summed E-state index contributed by atoms with van der Waals surface area (Å²) >= 11 is 0. The minimum atomic E-state index is -3.14. The van der Waals surface area contributed by atoms with Crippen LogP contribution in [0.1, 0.15) is 19.4 Å². The molecule has 0 saturated heterocycles. The van der Waals surface area contributed by atoms with E-state index in [9.17, 15) is 8.42 Å². The first-order chi connectivity index (χ1) is 6.82. The molecule has 15 heavy (non-hydrogen) atoms. The Morgan fingerprint density at radius 3 is 2.67 bits per heavy atom. The third kappa shape index (κ3) is 1.74. The van der Waals surface area contributed by atoms with Crippen LogP contribution in [0.3, 0.4) is 0 Å².